The fourth-order valence-electron chi connectivity index (χ4n) is 1.96. The number of unbranched alkanes of at least 4 members (excludes halogenated alkanes) is 1. The molecule has 1 aliphatic heterocycles. The molecule has 0 aliphatic carbocycles. The van der Waals surface area contributed by atoms with Crippen LogP contribution < -0.4 is 0 Å². The molecule has 3 unspecified atom stereocenters. The van der Waals surface area contributed by atoms with Crippen LogP contribution in [0.5, 0.6) is 0 Å². The van der Waals surface area contributed by atoms with Gasteiger partial charge in [0.05, 0.1) is 6.16 Å². The van der Waals surface area contributed by atoms with E-state index in [1.807, 2.05) is 6.92 Å². The lowest BCUT2D eigenvalue weighted by Crippen LogP contribution is -2.33. The van der Waals surface area contributed by atoms with Gasteiger partial charge in [-0.25, -0.2) is 0 Å². The number of carbonyl (C=O) groups is 1. The molecule has 1 aliphatic rings. The van der Waals surface area contributed by atoms with Gasteiger partial charge in [0.25, 0.3) is 0 Å². The van der Waals surface area contributed by atoms with E-state index in [1.54, 1.807) is 0 Å². The number of hydrogen-bond acceptors (Lipinski definition) is 4. The minimum atomic E-state index is -2.76. The molecule has 1 heterocycles. The van der Waals surface area contributed by atoms with Crippen LogP contribution in [0.25, 0.3) is 0 Å². The lowest BCUT2D eigenvalue weighted by atomic mass is 10.1. The van der Waals surface area contributed by atoms with Gasteiger partial charge in [-0.05, 0) is 25.7 Å². The third-order valence-electron chi connectivity index (χ3n) is 2.96. The van der Waals surface area contributed by atoms with Crippen molar-refractivity contribution in [3.05, 3.63) is 0 Å². The molecule has 0 aromatic heterocycles. The predicted molar refractivity (Wildman–Crippen MR) is 69.1 cm³/mol. The van der Waals surface area contributed by atoms with Crippen molar-refractivity contribution in [1.82, 2.24) is 0 Å². The number of Topliss-reactive ketones (excluding diaryl/α,β-unsaturated/α-hetero) is 1. The monoisotopic (exact) mass is 278 g/mol. The summed E-state index contributed by atoms with van der Waals surface area (Å²) in [6.07, 6.45) is 4.09. The average Bonchev–Trinajstić information content (AvgIpc) is 2.34. The summed E-state index contributed by atoms with van der Waals surface area (Å²) < 4.78 is 21.8. The van der Waals surface area contributed by atoms with Crippen LogP contribution in [0.2, 0.25) is 0 Å². The minimum Gasteiger partial charge on any atom is -0.353 e. The Balaban J connectivity index is 2.47. The molecule has 6 heteroatoms. The quantitative estimate of drug-likeness (QED) is 0.688. The lowest BCUT2D eigenvalue weighted by molar-refractivity contribution is -0.191. The smallest absolute Gasteiger partial charge is 0.196 e. The normalized spacial score (nSPS) is 23.6. The van der Waals surface area contributed by atoms with E-state index in [4.69, 9.17) is 14.4 Å². The molecule has 18 heavy (non-hydrogen) atoms. The van der Waals surface area contributed by atoms with Crippen molar-refractivity contribution < 1.29 is 23.7 Å². The van der Waals surface area contributed by atoms with Crippen LogP contribution in [0.4, 0.5) is 0 Å². The zero-order valence-electron chi connectivity index (χ0n) is 10.9. The van der Waals surface area contributed by atoms with Crippen LogP contribution in [-0.4, -0.2) is 35.8 Å². The fraction of sp³-hybridized carbons (Fsp3) is 0.917. The Morgan fingerprint density at radius 1 is 1.56 bits per heavy atom. The Hall–Kier alpha value is -0.220. The maximum absolute atomic E-state index is 11.8. The highest BCUT2D eigenvalue weighted by Gasteiger charge is 2.25. The third-order valence-corrected chi connectivity index (χ3v) is 3.61. The van der Waals surface area contributed by atoms with Crippen molar-refractivity contribution in [2.75, 3.05) is 12.8 Å². The molecule has 0 aromatic rings. The van der Waals surface area contributed by atoms with E-state index in [0.29, 0.717) is 13.0 Å². The van der Waals surface area contributed by atoms with Gasteiger partial charge < -0.3 is 14.4 Å². The minimum absolute atomic E-state index is 0.274. The van der Waals surface area contributed by atoms with Crippen LogP contribution in [0.1, 0.15) is 45.4 Å². The van der Waals surface area contributed by atoms with Gasteiger partial charge in [0.1, 0.15) is 6.10 Å². The van der Waals surface area contributed by atoms with Crippen molar-refractivity contribution in [2.24, 2.45) is 0 Å². The summed E-state index contributed by atoms with van der Waals surface area (Å²) in [5.41, 5.74) is 0. The molecule has 0 spiro atoms. The molecule has 0 saturated carbocycles. The van der Waals surface area contributed by atoms with Gasteiger partial charge in [-0.15, -0.1) is 0 Å². The summed E-state index contributed by atoms with van der Waals surface area (Å²) in [6.45, 7) is 2.70. The Bertz CT molecular complexity index is 276. The number of rotatable bonds is 8. The van der Waals surface area contributed by atoms with Crippen LogP contribution in [-0.2, 0) is 18.8 Å². The van der Waals surface area contributed by atoms with Crippen LogP contribution in [0, 0.1) is 0 Å². The van der Waals surface area contributed by atoms with Gasteiger partial charge >= 0.3 is 0 Å². The molecule has 1 saturated heterocycles. The van der Waals surface area contributed by atoms with E-state index in [2.05, 4.69) is 0 Å². The maximum atomic E-state index is 11.8. The summed E-state index contributed by atoms with van der Waals surface area (Å²) >= 11 is 0. The van der Waals surface area contributed by atoms with Crippen molar-refractivity contribution in [3.63, 3.8) is 0 Å². The highest BCUT2D eigenvalue weighted by atomic mass is 31.1. The predicted octanol–water partition coefficient (Wildman–Crippen LogP) is 2.12. The van der Waals surface area contributed by atoms with Crippen molar-refractivity contribution >= 4 is 13.8 Å². The average molecular weight is 278 g/mol. The third kappa shape index (κ3) is 6.10. The number of carbonyl (C=O) groups excluding carboxylic acids is 1. The zero-order valence-corrected chi connectivity index (χ0v) is 11.9. The summed E-state index contributed by atoms with van der Waals surface area (Å²) in [4.78, 5) is 20.7. The summed E-state index contributed by atoms with van der Waals surface area (Å²) in [6, 6.07) is 0. The van der Waals surface area contributed by atoms with Gasteiger partial charge in [-0.1, -0.05) is 19.8 Å². The molecule has 0 radical (unpaired) electrons. The first-order chi connectivity index (χ1) is 8.63. The number of hydrogen-bond donors (Lipinski definition) is 1. The highest BCUT2D eigenvalue weighted by Crippen LogP contribution is 2.21. The SMILES string of the molecule is CCCCC(OC1CCCCO1)C(=O)C[PH](=O)O. The number of ketones is 1. The Morgan fingerprint density at radius 3 is 2.89 bits per heavy atom. The van der Waals surface area contributed by atoms with E-state index >= 15 is 0 Å². The topological polar surface area (TPSA) is 72.8 Å². The Kier molecular flexibility index (Phi) is 7.75. The van der Waals surface area contributed by atoms with E-state index in [1.165, 1.54) is 0 Å². The molecular formula is C12H23O5P. The highest BCUT2D eigenvalue weighted by molar-refractivity contribution is 7.39. The van der Waals surface area contributed by atoms with Crippen molar-refractivity contribution in [3.8, 4) is 0 Å². The van der Waals surface area contributed by atoms with E-state index in [-0.39, 0.29) is 18.2 Å². The second kappa shape index (κ2) is 8.81. The largest absolute Gasteiger partial charge is 0.353 e. The summed E-state index contributed by atoms with van der Waals surface area (Å²) in [5.74, 6) is -0.274. The Morgan fingerprint density at radius 2 is 2.33 bits per heavy atom. The van der Waals surface area contributed by atoms with Crippen molar-refractivity contribution in [2.45, 2.75) is 57.8 Å². The Labute approximate surface area is 109 Å². The molecule has 0 aromatic carbocycles. The molecule has 0 bridgehead atoms. The molecule has 1 fully saturated rings. The van der Waals surface area contributed by atoms with Gasteiger partial charge in [-0.3, -0.25) is 9.36 Å². The lowest BCUT2D eigenvalue weighted by Gasteiger charge is -2.27. The second-order valence-electron chi connectivity index (χ2n) is 4.60. The molecule has 1 rings (SSSR count). The first-order valence-electron chi connectivity index (χ1n) is 6.65. The number of ether oxygens (including phenoxy) is 2. The molecule has 0 amide bonds. The van der Waals surface area contributed by atoms with Crippen LogP contribution >= 0.6 is 8.03 Å². The standard InChI is InChI=1S/C12H23O5P/c1-2-3-6-11(10(13)9-18(14)15)17-12-7-4-5-8-16-12/h11-12,18H,2-9H2,1H3,(H,14,15). The maximum Gasteiger partial charge on any atom is 0.196 e. The second-order valence-corrected chi connectivity index (χ2v) is 5.74. The molecule has 5 nitrogen and oxygen atoms in total. The first kappa shape index (κ1) is 15.8. The van der Waals surface area contributed by atoms with E-state index in [9.17, 15) is 9.36 Å². The molecule has 3 atom stereocenters. The summed E-state index contributed by atoms with van der Waals surface area (Å²) in [7, 11) is -2.76. The fourth-order valence-corrected chi connectivity index (χ4v) is 2.48. The van der Waals surface area contributed by atoms with Crippen LogP contribution in [0.3, 0.4) is 0 Å². The van der Waals surface area contributed by atoms with Gasteiger partial charge in [-0.2, -0.15) is 0 Å². The zero-order chi connectivity index (χ0) is 13.4. The van der Waals surface area contributed by atoms with Crippen molar-refractivity contribution in [1.29, 1.82) is 0 Å². The molecular weight excluding hydrogens is 255 g/mol. The van der Waals surface area contributed by atoms with E-state index in [0.717, 1.165) is 32.1 Å². The molecule has 1 N–H and O–H groups in total. The molecule has 106 valence electrons. The van der Waals surface area contributed by atoms with Gasteiger partial charge in [0.2, 0.25) is 0 Å². The van der Waals surface area contributed by atoms with E-state index < -0.39 is 14.1 Å². The van der Waals surface area contributed by atoms with Crippen LogP contribution in [0.15, 0.2) is 0 Å². The van der Waals surface area contributed by atoms with Gasteiger partial charge in [0.15, 0.2) is 20.1 Å². The van der Waals surface area contributed by atoms with Gasteiger partial charge in [0, 0.05) is 6.61 Å². The first-order valence-corrected chi connectivity index (χ1v) is 8.21. The summed E-state index contributed by atoms with van der Waals surface area (Å²) in [5, 5.41) is 0.